The molecule has 2 aromatic rings. The number of benzene rings is 1. The van der Waals surface area contributed by atoms with Gasteiger partial charge in [0.2, 0.25) is 0 Å². The van der Waals surface area contributed by atoms with Gasteiger partial charge in [-0.1, -0.05) is 36.0 Å². The molecule has 4 heteroatoms. The minimum atomic E-state index is 0.460. The Balaban J connectivity index is 2.11. The van der Waals surface area contributed by atoms with Crippen LogP contribution in [0, 0.1) is 0 Å². The number of nitrogens with zero attached hydrogens (tertiary/aromatic N) is 1. The van der Waals surface area contributed by atoms with E-state index in [0.717, 1.165) is 24.2 Å². The van der Waals surface area contributed by atoms with Crippen molar-refractivity contribution in [1.82, 2.24) is 4.98 Å². The second-order valence-corrected chi connectivity index (χ2v) is 5.11. The highest BCUT2D eigenvalue weighted by Crippen LogP contribution is 2.37. The summed E-state index contributed by atoms with van der Waals surface area (Å²) in [4.78, 5) is 4.48. The lowest BCUT2D eigenvalue weighted by atomic mass is 10.1. The van der Waals surface area contributed by atoms with Crippen LogP contribution in [-0.2, 0) is 0 Å². The Morgan fingerprint density at radius 3 is 2.69 bits per heavy atom. The van der Waals surface area contributed by atoms with Crippen molar-refractivity contribution in [2.24, 2.45) is 0 Å². The molecule has 1 aromatic carbocycles. The first-order valence-electron chi connectivity index (χ1n) is 5.49. The third kappa shape index (κ3) is 1.70. The first kappa shape index (κ1) is 10.4. The number of oxazole rings is 1. The average molecular weight is 256 g/mol. The van der Waals surface area contributed by atoms with Gasteiger partial charge < -0.3 is 4.42 Å². The lowest BCUT2D eigenvalue weighted by molar-refractivity contribution is 0.474. The fourth-order valence-electron chi connectivity index (χ4n) is 2.32. The van der Waals surface area contributed by atoms with Crippen LogP contribution in [0.1, 0.15) is 37.5 Å². The quantitative estimate of drug-likeness (QED) is 0.732. The number of aromatic nitrogens is 1. The first-order valence-corrected chi connectivity index (χ1v) is 6.25. The van der Waals surface area contributed by atoms with E-state index in [9.17, 15) is 0 Å². The molecule has 3 rings (SSSR count). The van der Waals surface area contributed by atoms with Gasteiger partial charge in [-0.3, -0.25) is 0 Å². The van der Waals surface area contributed by atoms with Crippen LogP contribution in [0.3, 0.4) is 0 Å². The van der Waals surface area contributed by atoms with Crippen LogP contribution in [0.25, 0.3) is 11.1 Å². The third-order valence-electron chi connectivity index (χ3n) is 3.13. The van der Waals surface area contributed by atoms with E-state index in [1.807, 2.05) is 0 Å². The molecule has 1 aromatic heterocycles. The van der Waals surface area contributed by atoms with Crippen LogP contribution >= 0.6 is 23.2 Å². The Kier molecular flexibility index (Phi) is 2.56. The van der Waals surface area contributed by atoms with E-state index >= 15 is 0 Å². The van der Waals surface area contributed by atoms with Gasteiger partial charge in [0.1, 0.15) is 5.52 Å². The molecule has 0 aliphatic heterocycles. The molecule has 0 N–H and O–H groups in total. The minimum absolute atomic E-state index is 0.460. The summed E-state index contributed by atoms with van der Waals surface area (Å²) in [6.07, 6.45) is 4.85. The van der Waals surface area contributed by atoms with E-state index in [4.69, 9.17) is 27.6 Å². The zero-order chi connectivity index (χ0) is 11.1. The molecular formula is C12H11Cl2NO. The Labute approximate surface area is 104 Å². The Hall–Kier alpha value is -0.730. The van der Waals surface area contributed by atoms with Crippen LogP contribution in [0.5, 0.6) is 0 Å². The van der Waals surface area contributed by atoms with E-state index in [1.54, 1.807) is 12.1 Å². The van der Waals surface area contributed by atoms with Gasteiger partial charge >= 0.3 is 0 Å². The molecule has 0 atom stereocenters. The largest absolute Gasteiger partial charge is 0.439 e. The van der Waals surface area contributed by atoms with Crippen molar-refractivity contribution in [2.75, 3.05) is 0 Å². The Morgan fingerprint density at radius 1 is 1.19 bits per heavy atom. The molecule has 0 bridgehead atoms. The molecule has 0 saturated heterocycles. The zero-order valence-corrected chi connectivity index (χ0v) is 10.2. The molecule has 0 amide bonds. The second-order valence-electron chi connectivity index (χ2n) is 4.27. The predicted molar refractivity (Wildman–Crippen MR) is 65.2 cm³/mol. The third-order valence-corrected chi connectivity index (χ3v) is 3.63. The van der Waals surface area contributed by atoms with E-state index in [-0.39, 0.29) is 0 Å². The first-order chi connectivity index (χ1) is 7.74. The maximum atomic E-state index is 6.06. The van der Waals surface area contributed by atoms with E-state index in [2.05, 4.69) is 4.98 Å². The number of rotatable bonds is 1. The highest BCUT2D eigenvalue weighted by molar-refractivity contribution is 6.37. The average Bonchev–Trinajstić information content (AvgIpc) is 2.82. The van der Waals surface area contributed by atoms with Gasteiger partial charge in [0.25, 0.3) is 0 Å². The summed E-state index contributed by atoms with van der Waals surface area (Å²) in [6.45, 7) is 0. The van der Waals surface area contributed by atoms with Crippen molar-refractivity contribution in [3.63, 3.8) is 0 Å². The maximum absolute atomic E-state index is 6.06. The van der Waals surface area contributed by atoms with Gasteiger partial charge in [-0.05, 0) is 25.0 Å². The topological polar surface area (TPSA) is 26.0 Å². The van der Waals surface area contributed by atoms with E-state index in [1.165, 1.54) is 12.8 Å². The van der Waals surface area contributed by atoms with Gasteiger partial charge in [0, 0.05) is 10.9 Å². The summed E-state index contributed by atoms with van der Waals surface area (Å²) in [5.74, 6) is 1.28. The van der Waals surface area contributed by atoms with Crippen molar-refractivity contribution < 1.29 is 4.42 Å². The molecule has 1 aliphatic rings. The summed E-state index contributed by atoms with van der Waals surface area (Å²) >= 11 is 12.0. The van der Waals surface area contributed by atoms with Gasteiger partial charge in [0.15, 0.2) is 11.5 Å². The van der Waals surface area contributed by atoms with Crippen LogP contribution in [0.2, 0.25) is 10.0 Å². The smallest absolute Gasteiger partial charge is 0.198 e. The number of fused-ring (bicyclic) bond motifs is 1. The molecule has 1 fully saturated rings. The molecule has 84 valence electrons. The van der Waals surface area contributed by atoms with Crippen molar-refractivity contribution >= 4 is 34.3 Å². The standard InChI is InChI=1S/C12H11Cl2NO/c13-8-5-9(14)11-10(6-8)15-12(16-11)7-3-1-2-4-7/h5-7H,1-4H2. The number of hydrogen-bond acceptors (Lipinski definition) is 2. The van der Waals surface area contributed by atoms with E-state index in [0.29, 0.717) is 21.5 Å². The van der Waals surface area contributed by atoms with Crippen LogP contribution < -0.4 is 0 Å². The lowest BCUT2D eigenvalue weighted by Gasteiger charge is -2.00. The monoisotopic (exact) mass is 255 g/mol. The summed E-state index contributed by atoms with van der Waals surface area (Å²) in [7, 11) is 0. The minimum Gasteiger partial charge on any atom is -0.439 e. The van der Waals surface area contributed by atoms with Crippen molar-refractivity contribution in [1.29, 1.82) is 0 Å². The molecule has 0 radical (unpaired) electrons. The summed E-state index contributed by atoms with van der Waals surface area (Å²) in [5, 5.41) is 1.14. The molecule has 0 spiro atoms. The number of halogens is 2. The molecule has 16 heavy (non-hydrogen) atoms. The number of hydrogen-bond donors (Lipinski definition) is 0. The van der Waals surface area contributed by atoms with Crippen molar-refractivity contribution in [3.8, 4) is 0 Å². The summed E-state index contributed by atoms with van der Waals surface area (Å²) in [5.41, 5.74) is 1.42. The second kappa shape index (κ2) is 3.94. The van der Waals surface area contributed by atoms with Crippen LogP contribution in [0.15, 0.2) is 16.5 Å². The molecule has 1 heterocycles. The lowest BCUT2D eigenvalue weighted by Crippen LogP contribution is -1.90. The SMILES string of the molecule is Clc1cc(Cl)c2oc(C3CCCC3)nc2c1. The van der Waals surface area contributed by atoms with Crippen molar-refractivity contribution in [2.45, 2.75) is 31.6 Å². The molecule has 2 nitrogen and oxygen atoms in total. The van der Waals surface area contributed by atoms with Gasteiger partial charge in [-0.25, -0.2) is 4.98 Å². The Morgan fingerprint density at radius 2 is 1.94 bits per heavy atom. The molecule has 1 aliphatic carbocycles. The summed E-state index contributed by atoms with van der Waals surface area (Å²) < 4.78 is 5.74. The zero-order valence-electron chi connectivity index (χ0n) is 8.67. The molecular weight excluding hydrogens is 245 g/mol. The predicted octanol–water partition coefficient (Wildman–Crippen LogP) is 4.79. The Bertz CT molecular complexity index is 529. The fraction of sp³-hybridized carbons (Fsp3) is 0.417. The highest BCUT2D eigenvalue weighted by atomic mass is 35.5. The fourth-order valence-corrected chi connectivity index (χ4v) is 2.85. The van der Waals surface area contributed by atoms with Gasteiger partial charge in [0.05, 0.1) is 5.02 Å². The van der Waals surface area contributed by atoms with Crippen LogP contribution in [-0.4, -0.2) is 4.98 Å². The van der Waals surface area contributed by atoms with Gasteiger partial charge in [-0.15, -0.1) is 0 Å². The van der Waals surface area contributed by atoms with Gasteiger partial charge in [-0.2, -0.15) is 0 Å². The molecule has 1 saturated carbocycles. The summed E-state index contributed by atoms with van der Waals surface area (Å²) in [6, 6.07) is 3.49. The molecule has 0 unspecified atom stereocenters. The highest BCUT2D eigenvalue weighted by Gasteiger charge is 2.23. The van der Waals surface area contributed by atoms with Crippen molar-refractivity contribution in [3.05, 3.63) is 28.1 Å². The maximum Gasteiger partial charge on any atom is 0.198 e. The van der Waals surface area contributed by atoms with E-state index < -0.39 is 0 Å². The normalized spacial score (nSPS) is 17.4. The van der Waals surface area contributed by atoms with Crippen LogP contribution in [0.4, 0.5) is 0 Å².